The number of rotatable bonds is 6. The third-order valence-corrected chi connectivity index (χ3v) is 3.50. The molecule has 2 aromatic rings. The third-order valence-electron chi connectivity index (χ3n) is 3.50. The summed E-state index contributed by atoms with van der Waals surface area (Å²) in [7, 11) is 0. The molecule has 0 atom stereocenters. The van der Waals surface area contributed by atoms with E-state index in [1.165, 1.54) is 0 Å². The fourth-order valence-electron chi connectivity index (χ4n) is 2.29. The average Bonchev–Trinajstić information content (AvgIpc) is 2.62. The maximum absolute atomic E-state index is 12.4. The number of amides is 2. The molecule has 0 heterocycles. The summed E-state index contributed by atoms with van der Waals surface area (Å²) in [5, 5.41) is 5.50. The first-order valence-corrected chi connectivity index (χ1v) is 8.40. The minimum atomic E-state index is -0.496. The summed E-state index contributed by atoms with van der Waals surface area (Å²) < 4.78 is 4.99. The van der Waals surface area contributed by atoms with E-state index >= 15 is 0 Å². The lowest BCUT2D eigenvalue weighted by Crippen LogP contribution is -2.30. The molecular formula is C20H22N2O4. The monoisotopic (exact) mass is 354 g/mol. The smallest absolute Gasteiger partial charge is 0.340 e. The van der Waals surface area contributed by atoms with Gasteiger partial charge in [0.25, 0.3) is 11.8 Å². The quantitative estimate of drug-likeness (QED) is 0.780. The standard InChI is InChI=1S/C20H22N2O4/c1-4-26-20(25)16-7-5-6-8-17(16)22-19(24)15-11-9-14(10-12-15)18(23)21-13(2)3/h5-13H,4H2,1-3H3,(H,21,23)(H,22,24). The van der Waals surface area contributed by atoms with E-state index < -0.39 is 5.97 Å². The van der Waals surface area contributed by atoms with E-state index in [0.717, 1.165) is 0 Å². The summed E-state index contributed by atoms with van der Waals surface area (Å²) in [5.74, 6) is -1.07. The van der Waals surface area contributed by atoms with Crippen LogP contribution < -0.4 is 10.6 Å². The van der Waals surface area contributed by atoms with Crippen LogP contribution in [0.1, 0.15) is 51.8 Å². The second kappa shape index (κ2) is 8.80. The maximum atomic E-state index is 12.4. The molecule has 2 aromatic carbocycles. The topological polar surface area (TPSA) is 84.5 Å². The number of ether oxygens (including phenoxy) is 1. The Bertz CT molecular complexity index is 798. The summed E-state index contributed by atoms with van der Waals surface area (Å²) >= 11 is 0. The van der Waals surface area contributed by atoms with Crippen LogP contribution in [0.4, 0.5) is 5.69 Å². The normalized spacial score (nSPS) is 10.3. The number of carbonyl (C=O) groups is 3. The Morgan fingerprint density at radius 3 is 2.08 bits per heavy atom. The van der Waals surface area contributed by atoms with E-state index in [2.05, 4.69) is 10.6 Å². The highest BCUT2D eigenvalue weighted by Gasteiger charge is 2.15. The fraction of sp³-hybridized carbons (Fsp3) is 0.250. The van der Waals surface area contributed by atoms with Crippen LogP contribution in [0.15, 0.2) is 48.5 Å². The van der Waals surface area contributed by atoms with Crippen molar-refractivity contribution in [1.82, 2.24) is 5.32 Å². The van der Waals surface area contributed by atoms with Gasteiger partial charge in [-0.1, -0.05) is 12.1 Å². The molecule has 0 aliphatic carbocycles. The van der Waals surface area contributed by atoms with Crippen LogP contribution in [-0.2, 0) is 4.74 Å². The van der Waals surface area contributed by atoms with Gasteiger partial charge in [0.2, 0.25) is 0 Å². The molecule has 0 aliphatic heterocycles. The van der Waals surface area contributed by atoms with Crippen molar-refractivity contribution in [2.24, 2.45) is 0 Å². The zero-order valence-corrected chi connectivity index (χ0v) is 15.0. The van der Waals surface area contributed by atoms with Crippen LogP contribution in [0, 0.1) is 0 Å². The first kappa shape index (κ1) is 19.2. The molecule has 0 spiro atoms. The Hall–Kier alpha value is -3.15. The predicted molar refractivity (Wildman–Crippen MR) is 99.4 cm³/mol. The van der Waals surface area contributed by atoms with Gasteiger partial charge in [-0.3, -0.25) is 9.59 Å². The lowest BCUT2D eigenvalue weighted by molar-refractivity contribution is 0.0527. The Balaban J connectivity index is 2.13. The van der Waals surface area contributed by atoms with Crippen molar-refractivity contribution < 1.29 is 19.1 Å². The van der Waals surface area contributed by atoms with Crippen molar-refractivity contribution >= 4 is 23.5 Å². The fourth-order valence-corrected chi connectivity index (χ4v) is 2.29. The molecule has 6 heteroatoms. The predicted octanol–water partition coefficient (Wildman–Crippen LogP) is 3.25. The van der Waals surface area contributed by atoms with Crippen molar-refractivity contribution in [3.63, 3.8) is 0 Å². The number of hydrogen-bond acceptors (Lipinski definition) is 4. The van der Waals surface area contributed by atoms with Gasteiger partial charge in [-0.25, -0.2) is 4.79 Å². The van der Waals surface area contributed by atoms with Crippen LogP contribution in [-0.4, -0.2) is 30.4 Å². The highest BCUT2D eigenvalue weighted by Crippen LogP contribution is 2.17. The minimum Gasteiger partial charge on any atom is -0.462 e. The molecule has 0 fully saturated rings. The number of benzene rings is 2. The summed E-state index contributed by atoms with van der Waals surface area (Å²) in [4.78, 5) is 36.4. The van der Waals surface area contributed by atoms with Crippen molar-refractivity contribution in [3.05, 3.63) is 65.2 Å². The zero-order chi connectivity index (χ0) is 19.1. The van der Waals surface area contributed by atoms with Crippen LogP contribution in [0.5, 0.6) is 0 Å². The molecule has 26 heavy (non-hydrogen) atoms. The Labute approximate surface area is 152 Å². The number of hydrogen-bond donors (Lipinski definition) is 2. The second-order valence-electron chi connectivity index (χ2n) is 5.93. The molecule has 2 amide bonds. The number of anilines is 1. The van der Waals surface area contributed by atoms with Crippen molar-refractivity contribution in [1.29, 1.82) is 0 Å². The van der Waals surface area contributed by atoms with Gasteiger partial charge in [-0.05, 0) is 57.2 Å². The van der Waals surface area contributed by atoms with E-state index in [9.17, 15) is 14.4 Å². The molecule has 0 saturated heterocycles. The van der Waals surface area contributed by atoms with Gasteiger partial charge in [-0.15, -0.1) is 0 Å². The van der Waals surface area contributed by atoms with E-state index in [0.29, 0.717) is 16.8 Å². The van der Waals surface area contributed by atoms with E-state index in [1.807, 2.05) is 13.8 Å². The molecule has 0 aliphatic rings. The zero-order valence-electron chi connectivity index (χ0n) is 15.0. The number of carbonyl (C=O) groups excluding carboxylic acids is 3. The lowest BCUT2D eigenvalue weighted by atomic mass is 10.1. The van der Waals surface area contributed by atoms with Gasteiger partial charge in [-0.2, -0.15) is 0 Å². The van der Waals surface area contributed by atoms with E-state index in [4.69, 9.17) is 4.74 Å². The summed E-state index contributed by atoms with van der Waals surface area (Å²) in [5.41, 5.74) is 1.51. The van der Waals surface area contributed by atoms with E-state index in [1.54, 1.807) is 55.5 Å². The Morgan fingerprint density at radius 1 is 0.923 bits per heavy atom. The molecule has 136 valence electrons. The SMILES string of the molecule is CCOC(=O)c1ccccc1NC(=O)c1ccc(C(=O)NC(C)C)cc1. The van der Waals surface area contributed by atoms with Crippen LogP contribution in [0.2, 0.25) is 0 Å². The molecule has 0 bridgehead atoms. The van der Waals surface area contributed by atoms with Gasteiger partial charge >= 0.3 is 5.97 Å². The van der Waals surface area contributed by atoms with Crippen molar-refractivity contribution in [3.8, 4) is 0 Å². The molecule has 6 nitrogen and oxygen atoms in total. The maximum Gasteiger partial charge on any atom is 0.340 e. The Morgan fingerprint density at radius 2 is 1.50 bits per heavy atom. The summed E-state index contributed by atoms with van der Waals surface area (Å²) in [6.07, 6.45) is 0. The minimum absolute atomic E-state index is 0.0323. The van der Waals surface area contributed by atoms with Gasteiger partial charge in [0, 0.05) is 17.2 Å². The molecule has 0 radical (unpaired) electrons. The molecule has 0 unspecified atom stereocenters. The van der Waals surface area contributed by atoms with Gasteiger partial charge in [0.05, 0.1) is 17.9 Å². The second-order valence-corrected chi connectivity index (χ2v) is 5.93. The van der Waals surface area contributed by atoms with Crippen LogP contribution >= 0.6 is 0 Å². The summed E-state index contributed by atoms with van der Waals surface area (Å²) in [6, 6.07) is 13.0. The van der Waals surface area contributed by atoms with Crippen LogP contribution in [0.3, 0.4) is 0 Å². The van der Waals surface area contributed by atoms with Crippen LogP contribution in [0.25, 0.3) is 0 Å². The van der Waals surface area contributed by atoms with Gasteiger partial charge < -0.3 is 15.4 Å². The molecule has 0 saturated carbocycles. The highest BCUT2D eigenvalue weighted by atomic mass is 16.5. The number of nitrogens with one attached hydrogen (secondary N) is 2. The van der Waals surface area contributed by atoms with Gasteiger partial charge in [0.15, 0.2) is 0 Å². The first-order valence-electron chi connectivity index (χ1n) is 8.40. The van der Waals surface area contributed by atoms with Crippen molar-refractivity contribution in [2.45, 2.75) is 26.8 Å². The highest BCUT2D eigenvalue weighted by molar-refractivity contribution is 6.08. The van der Waals surface area contributed by atoms with E-state index in [-0.39, 0.29) is 30.0 Å². The molecular weight excluding hydrogens is 332 g/mol. The average molecular weight is 354 g/mol. The lowest BCUT2D eigenvalue weighted by Gasteiger charge is -2.11. The molecule has 0 aromatic heterocycles. The number of para-hydroxylation sites is 1. The van der Waals surface area contributed by atoms with Gasteiger partial charge in [0.1, 0.15) is 0 Å². The third kappa shape index (κ3) is 4.92. The number of esters is 1. The van der Waals surface area contributed by atoms with Crippen molar-refractivity contribution in [2.75, 3.05) is 11.9 Å². The molecule has 2 N–H and O–H groups in total. The Kier molecular flexibility index (Phi) is 6.49. The summed E-state index contributed by atoms with van der Waals surface area (Å²) in [6.45, 7) is 5.72. The first-order chi connectivity index (χ1) is 12.4. The largest absolute Gasteiger partial charge is 0.462 e. The molecule has 2 rings (SSSR count).